The molecule has 0 unspecified atom stereocenters. The van der Waals surface area contributed by atoms with Crippen molar-refractivity contribution in [3.63, 3.8) is 0 Å². The van der Waals surface area contributed by atoms with Crippen LogP contribution in [0.15, 0.2) is 30.3 Å². The van der Waals surface area contributed by atoms with Crippen molar-refractivity contribution in [1.29, 1.82) is 0 Å². The molecule has 1 aliphatic heterocycles. The van der Waals surface area contributed by atoms with Gasteiger partial charge in [0.25, 0.3) is 5.91 Å². The Bertz CT molecular complexity index is 1010. The fourth-order valence-corrected chi connectivity index (χ4v) is 5.07. The molecule has 2 aromatic rings. The Morgan fingerprint density at radius 3 is 2.68 bits per heavy atom. The van der Waals surface area contributed by atoms with Crippen molar-refractivity contribution in [2.45, 2.75) is 90.3 Å². The highest BCUT2D eigenvalue weighted by Gasteiger charge is 2.48. The smallest absolute Gasteiger partial charge is 0.273 e. The van der Waals surface area contributed by atoms with Crippen molar-refractivity contribution >= 4 is 11.8 Å². The van der Waals surface area contributed by atoms with Crippen LogP contribution in [0.1, 0.15) is 82.6 Å². The third-order valence-corrected chi connectivity index (χ3v) is 7.09. The van der Waals surface area contributed by atoms with Crippen LogP contribution in [0.2, 0.25) is 0 Å². The first-order chi connectivity index (χ1) is 16.5. The zero-order valence-electron chi connectivity index (χ0n) is 20.8. The maximum Gasteiger partial charge on any atom is 0.273 e. The average Bonchev–Trinajstić information content (AvgIpc) is 3.26. The summed E-state index contributed by atoms with van der Waals surface area (Å²) in [4.78, 5) is 28.9. The van der Waals surface area contributed by atoms with Crippen molar-refractivity contribution in [3.05, 3.63) is 36.0 Å². The number of carbonyl (C=O) groups excluding carboxylic acids is 2. The van der Waals surface area contributed by atoms with Crippen molar-refractivity contribution in [2.24, 2.45) is 0 Å². The van der Waals surface area contributed by atoms with E-state index in [1.807, 2.05) is 44.2 Å². The van der Waals surface area contributed by atoms with E-state index in [-0.39, 0.29) is 17.9 Å². The second kappa shape index (κ2) is 10.6. The molecule has 34 heavy (non-hydrogen) atoms. The van der Waals surface area contributed by atoms with Gasteiger partial charge in [0.15, 0.2) is 0 Å². The number of ether oxygens (including phenoxy) is 1. The number of nitrogens with one attached hydrogen (secondary N) is 1. The Morgan fingerprint density at radius 2 is 1.94 bits per heavy atom. The first kappa shape index (κ1) is 24.3. The lowest BCUT2D eigenvalue weighted by molar-refractivity contribution is -0.134. The van der Waals surface area contributed by atoms with Crippen molar-refractivity contribution < 1.29 is 14.3 Å². The van der Waals surface area contributed by atoms with Gasteiger partial charge in [-0.05, 0) is 50.8 Å². The lowest BCUT2D eigenvalue weighted by atomic mass is 9.91. The molecule has 2 amide bonds. The lowest BCUT2D eigenvalue weighted by Crippen LogP contribution is -2.65. The van der Waals surface area contributed by atoms with Gasteiger partial charge in [-0.3, -0.25) is 14.3 Å². The van der Waals surface area contributed by atoms with Gasteiger partial charge in [-0.15, -0.1) is 0 Å². The zero-order chi connectivity index (χ0) is 24.1. The minimum atomic E-state index is -0.974. The van der Waals surface area contributed by atoms with Crippen molar-refractivity contribution in [1.82, 2.24) is 20.0 Å². The number of benzene rings is 1. The molecule has 4 rings (SSSR count). The first-order valence-corrected chi connectivity index (χ1v) is 12.9. The quantitative estimate of drug-likeness (QED) is 0.539. The van der Waals surface area contributed by atoms with Gasteiger partial charge >= 0.3 is 0 Å². The third kappa shape index (κ3) is 4.84. The summed E-state index contributed by atoms with van der Waals surface area (Å²) in [5.41, 5.74) is 1.11. The topological polar surface area (TPSA) is 76.5 Å². The minimum Gasteiger partial charge on any atom is -0.493 e. The second-order valence-electron chi connectivity index (χ2n) is 9.81. The van der Waals surface area contributed by atoms with Crippen LogP contribution in [0.4, 0.5) is 0 Å². The fourth-order valence-electron chi connectivity index (χ4n) is 5.07. The van der Waals surface area contributed by atoms with E-state index in [1.165, 1.54) is 6.42 Å². The van der Waals surface area contributed by atoms with Gasteiger partial charge in [-0.2, -0.15) is 5.10 Å². The molecular weight excluding hydrogens is 428 g/mol. The second-order valence-corrected chi connectivity index (χ2v) is 9.81. The number of aromatic nitrogens is 2. The predicted octanol–water partition coefficient (Wildman–Crippen LogP) is 4.80. The molecule has 1 N–H and O–H groups in total. The normalized spacial score (nSPS) is 20.8. The Kier molecular flexibility index (Phi) is 7.59. The van der Waals surface area contributed by atoms with Crippen LogP contribution in [0.3, 0.4) is 0 Å². The van der Waals surface area contributed by atoms with Gasteiger partial charge in [0.05, 0.1) is 18.8 Å². The maximum atomic E-state index is 13.6. The number of hydrogen-bond donors (Lipinski definition) is 1. The third-order valence-electron chi connectivity index (χ3n) is 7.09. The predicted molar refractivity (Wildman–Crippen MR) is 133 cm³/mol. The monoisotopic (exact) mass is 466 g/mol. The van der Waals surface area contributed by atoms with Crippen LogP contribution in [0, 0.1) is 0 Å². The van der Waals surface area contributed by atoms with Gasteiger partial charge in [-0.25, -0.2) is 0 Å². The molecule has 0 spiro atoms. The lowest BCUT2D eigenvalue weighted by Gasteiger charge is -2.44. The molecule has 184 valence electrons. The van der Waals surface area contributed by atoms with Crippen LogP contribution in [0.5, 0.6) is 5.75 Å². The molecule has 1 fully saturated rings. The standard InChI is InChI=1S/C27H38N4O3/c1-4-6-17-34-24-15-11-10-14-21(24)22-18-23-25(32)30(16-5-2)27(3,19-31(23)29-22)26(33)28-20-12-8-7-9-13-20/h10-11,14-15,18,20H,4-9,12-13,16-17,19H2,1-3H3,(H,28,33)/t27-/m0/s1. The van der Waals surface area contributed by atoms with E-state index < -0.39 is 5.54 Å². The molecule has 1 aliphatic carbocycles. The summed E-state index contributed by atoms with van der Waals surface area (Å²) in [6, 6.07) is 9.84. The number of nitrogens with zero attached hydrogens (tertiary/aromatic N) is 3. The number of unbranched alkanes of at least 4 members (excludes halogenated alkanes) is 1. The average molecular weight is 467 g/mol. The summed E-state index contributed by atoms with van der Waals surface area (Å²) in [6.07, 6.45) is 8.36. The van der Waals surface area contributed by atoms with Crippen LogP contribution in [0.25, 0.3) is 11.3 Å². The summed E-state index contributed by atoms with van der Waals surface area (Å²) in [5.74, 6) is 0.548. The molecule has 7 heteroatoms. The van der Waals surface area contributed by atoms with Gasteiger partial charge in [0, 0.05) is 18.2 Å². The highest BCUT2D eigenvalue weighted by molar-refractivity contribution is 6.00. The number of fused-ring (bicyclic) bond motifs is 1. The molecule has 1 aromatic heterocycles. The number of rotatable bonds is 9. The molecule has 1 aromatic carbocycles. The Balaban J connectivity index is 1.63. The van der Waals surface area contributed by atoms with Gasteiger partial charge in [0.1, 0.15) is 17.0 Å². The van der Waals surface area contributed by atoms with Crippen LogP contribution in [-0.4, -0.2) is 51.2 Å². The van der Waals surface area contributed by atoms with E-state index in [1.54, 1.807) is 9.58 Å². The molecule has 0 bridgehead atoms. The van der Waals surface area contributed by atoms with Crippen molar-refractivity contribution in [2.75, 3.05) is 13.2 Å². The number of para-hydroxylation sites is 1. The van der Waals surface area contributed by atoms with Crippen LogP contribution >= 0.6 is 0 Å². The molecule has 7 nitrogen and oxygen atoms in total. The van der Waals surface area contributed by atoms with Crippen LogP contribution in [-0.2, 0) is 11.3 Å². The Morgan fingerprint density at radius 1 is 1.18 bits per heavy atom. The molecule has 1 atom stereocenters. The number of amides is 2. The SMILES string of the molecule is CCCCOc1ccccc1-c1cc2n(n1)C[C@@](C)(C(=O)NC1CCCCC1)N(CCC)C2=O. The largest absolute Gasteiger partial charge is 0.493 e. The Hall–Kier alpha value is -2.83. The van der Waals surface area contributed by atoms with Gasteiger partial charge in [-0.1, -0.05) is 51.7 Å². The fraction of sp³-hybridized carbons (Fsp3) is 0.593. The van der Waals surface area contributed by atoms with E-state index in [4.69, 9.17) is 9.84 Å². The van der Waals surface area contributed by atoms with E-state index in [2.05, 4.69) is 12.2 Å². The molecule has 0 radical (unpaired) electrons. The molecule has 2 heterocycles. The van der Waals surface area contributed by atoms with Gasteiger partial charge < -0.3 is 15.0 Å². The van der Waals surface area contributed by atoms with E-state index in [9.17, 15) is 9.59 Å². The summed E-state index contributed by atoms with van der Waals surface area (Å²) < 4.78 is 7.72. The Labute approximate surface area is 202 Å². The summed E-state index contributed by atoms with van der Waals surface area (Å²) in [7, 11) is 0. The summed E-state index contributed by atoms with van der Waals surface area (Å²) >= 11 is 0. The maximum absolute atomic E-state index is 13.6. The highest BCUT2D eigenvalue weighted by Crippen LogP contribution is 2.34. The van der Waals surface area contributed by atoms with E-state index in [0.717, 1.165) is 56.3 Å². The van der Waals surface area contributed by atoms with Crippen molar-refractivity contribution in [3.8, 4) is 17.0 Å². The molecule has 1 saturated carbocycles. The molecule has 0 saturated heterocycles. The summed E-state index contributed by atoms with van der Waals surface area (Å²) in [6.45, 7) is 7.56. The number of carbonyl (C=O) groups is 2. The van der Waals surface area contributed by atoms with Crippen LogP contribution < -0.4 is 10.1 Å². The summed E-state index contributed by atoms with van der Waals surface area (Å²) in [5, 5.41) is 8.04. The van der Waals surface area contributed by atoms with Gasteiger partial charge in [0.2, 0.25) is 5.91 Å². The molecular formula is C27H38N4O3. The zero-order valence-corrected chi connectivity index (χ0v) is 20.8. The minimum absolute atomic E-state index is 0.0767. The number of hydrogen-bond acceptors (Lipinski definition) is 4. The van der Waals surface area contributed by atoms with E-state index in [0.29, 0.717) is 31.1 Å². The van der Waals surface area contributed by atoms with E-state index >= 15 is 0 Å². The highest BCUT2D eigenvalue weighted by atomic mass is 16.5. The first-order valence-electron chi connectivity index (χ1n) is 12.9. The molecule has 2 aliphatic rings.